The van der Waals surface area contributed by atoms with E-state index < -0.39 is 17.7 Å². The maximum atomic E-state index is 13.6. The third-order valence-electron chi connectivity index (χ3n) is 3.91. The van der Waals surface area contributed by atoms with Crippen LogP contribution in [0.5, 0.6) is 0 Å². The number of primary amides is 1. The van der Waals surface area contributed by atoms with Gasteiger partial charge in [-0.2, -0.15) is 0 Å². The highest BCUT2D eigenvalue weighted by Gasteiger charge is 2.15. The second-order valence-electron chi connectivity index (χ2n) is 5.72. The van der Waals surface area contributed by atoms with Gasteiger partial charge in [0.25, 0.3) is 5.91 Å². The molecular weight excluding hydrogens is 311 g/mol. The van der Waals surface area contributed by atoms with Crippen LogP contribution in [0.15, 0.2) is 30.3 Å². The Hall–Kier alpha value is -2.76. The number of carboxylic acid groups (broad SMARTS) is 1. The molecule has 6 heteroatoms. The Morgan fingerprint density at radius 1 is 1.29 bits per heavy atom. The first kappa shape index (κ1) is 17.6. The van der Waals surface area contributed by atoms with E-state index in [0.29, 0.717) is 18.5 Å². The molecule has 1 unspecified atom stereocenters. The normalized spacial score (nSPS) is 12.0. The van der Waals surface area contributed by atoms with Crippen molar-refractivity contribution in [2.45, 2.75) is 32.6 Å². The lowest BCUT2D eigenvalue weighted by Crippen LogP contribution is -2.14. The van der Waals surface area contributed by atoms with Gasteiger partial charge in [-0.05, 0) is 54.2 Å². The summed E-state index contributed by atoms with van der Waals surface area (Å²) in [5.41, 5.74) is 7.30. The maximum Gasteiger partial charge on any atom is 0.354 e. The number of halogens is 1. The lowest BCUT2D eigenvalue weighted by atomic mass is 9.93. The first-order valence-corrected chi connectivity index (χ1v) is 7.64. The van der Waals surface area contributed by atoms with Gasteiger partial charge in [0.1, 0.15) is 11.5 Å². The van der Waals surface area contributed by atoms with E-state index in [1.165, 1.54) is 12.1 Å². The number of pyridine rings is 1. The Morgan fingerprint density at radius 2 is 2.00 bits per heavy atom. The van der Waals surface area contributed by atoms with E-state index in [1.54, 1.807) is 12.1 Å². The topological polar surface area (TPSA) is 93.3 Å². The second-order valence-corrected chi connectivity index (χ2v) is 5.72. The molecule has 1 heterocycles. The molecule has 0 aliphatic carbocycles. The van der Waals surface area contributed by atoms with Gasteiger partial charge in [0.2, 0.25) is 0 Å². The minimum absolute atomic E-state index is 0.00785. The van der Waals surface area contributed by atoms with Crippen LogP contribution >= 0.6 is 0 Å². The van der Waals surface area contributed by atoms with E-state index in [9.17, 15) is 14.0 Å². The van der Waals surface area contributed by atoms with Crippen molar-refractivity contribution < 1.29 is 19.1 Å². The molecule has 3 N–H and O–H groups in total. The molecule has 0 saturated carbocycles. The Balaban J connectivity index is 2.31. The van der Waals surface area contributed by atoms with Crippen molar-refractivity contribution in [3.8, 4) is 0 Å². The number of carbonyl (C=O) groups excluding carboxylic acids is 1. The zero-order valence-electron chi connectivity index (χ0n) is 13.5. The molecule has 0 aliphatic heterocycles. The Bertz CT molecular complexity index is 790. The minimum atomic E-state index is -1.07. The predicted molar refractivity (Wildman–Crippen MR) is 87.6 cm³/mol. The predicted octanol–water partition coefficient (Wildman–Crippen LogP) is 2.93. The van der Waals surface area contributed by atoms with E-state index in [4.69, 9.17) is 10.8 Å². The van der Waals surface area contributed by atoms with Crippen LogP contribution in [0.2, 0.25) is 0 Å². The van der Waals surface area contributed by atoms with Crippen LogP contribution < -0.4 is 5.73 Å². The molecule has 1 aromatic heterocycles. The Morgan fingerprint density at radius 3 is 2.58 bits per heavy atom. The molecule has 0 fully saturated rings. The van der Waals surface area contributed by atoms with Gasteiger partial charge >= 0.3 is 5.97 Å². The molecule has 1 atom stereocenters. The third-order valence-corrected chi connectivity index (χ3v) is 3.91. The van der Waals surface area contributed by atoms with E-state index in [-0.39, 0.29) is 17.2 Å². The summed E-state index contributed by atoms with van der Waals surface area (Å²) in [6.45, 7) is 3.84. The first-order valence-electron chi connectivity index (χ1n) is 7.64. The summed E-state index contributed by atoms with van der Waals surface area (Å²) in [5, 5.41) is 9.15. The summed E-state index contributed by atoms with van der Waals surface area (Å²) >= 11 is 0. The molecule has 2 aromatic rings. The zero-order chi connectivity index (χ0) is 17.9. The van der Waals surface area contributed by atoms with Crippen LogP contribution in [-0.2, 0) is 12.8 Å². The second kappa shape index (κ2) is 7.21. The van der Waals surface area contributed by atoms with Crippen LogP contribution in [0, 0.1) is 5.82 Å². The molecule has 1 amide bonds. The smallest absolute Gasteiger partial charge is 0.354 e. The molecule has 1 aromatic carbocycles. The molecule has 0 radical (unpaired) electrons. The molecule has 5 nitrogen and oxygen atoms in total. The van der Waals surface area contributed by atoms with E-state index in [0.717, 1.165) is 11.1 Å². The number of aromatic nitrogens is 1. The highest BCUT2D eigenvalue weighted by molar-refractivity contribution is 5.93. The third kappa shape index (κ3) is 3.95. The van der Waals surface area contributed by atoms with Crippen LogP contribution in [-0.4, -0.2) is 22.0 Å². The highest BCUT2D eigenvalue weighted by Crippen LogP contribution is 2.23. The van der Waals surface area contributed by atoms with Crippen LogP contribution in [0.4, 0.5) is 4.39 Å². The number of carbonyl (C=O) groups is 2. The quantitative estimate of drug-likeness (QED) is 0.851. The van der Waals surface area contributed by atoms with Crippen LogP contribution in [0.3, 0.4) is 0 Å². The average Bonchev–Trinajstić information content (AvgIpc) is 2.54. The lowest BCUT2D eigenvalue weighted by molar-refractivity contribution is 0.0689. The molecular formula is C18H19FN2O3. The summed E-state index contributed by atoms with van der Waals surface area (Å²) in [5.74, 6) is -2.62. The van der Waals surface area contributed by atoms with Crippen molar-refractivity contribution in [2.24, 2.45) is 5.73 Å². The van der Waals surface area contributed by atoms with Crippen molar-refractivity contribution in [3.05, 3.63) is 64.2 Å². The molecule has 0 aliphatic rings. The van der Waals surface area contributed by atoms with E-state index >= 15 is 0 Å². The fourth-order valence-corrected chi connectivity index (χ4v) is 2.54. The van der Waals surface area contributed by atoms with Crippen LogP contribution in [0.1, 0.15) is 57.4 Å². The molecule has 2 rings (SSSR count). The van der Waals surface area contributed by atoms with Gasteiger partial charge in [-0.1, -0.05) is 19.9 Å². The number of amides is 1. The summed E-state index contributed by atoms with van der Waals surface area (Å²) < 4.78 is 13.6. The largest absolute Gasteiger partial charge is 0.477 e. The van der Waals surface area contributed by atoms with Gasteiger partial charge in [-0.15, -0.1) is 0 Å². The summed E-state index contributed by atoms with van der Waals surface area (Å²) in [4.78, 5) is 26.6. The SMILES string of the molecule is CCc1cc(CC(C)c2ccc(F)c(C(N)=O)c2)nc(C(=O)O)c1. The van der Waals surface area contributed by atoms with Gasteiger partial charge in [0.05, 0.1) is 5.56 Å². The molecule has 0 saturated heterocycles. The molecule has 126 valence electrons. The summed E-state index contributed by atoms with van der Waals surface area (Å²) in [6, 6.07) is 7.66. The van der Waals surface area contributed by atoms with Gasteiger partial charge in [0, 0.05) is 5.69 Å². The van der Waals surface area contributed by atoms with E-state index in [2.05, 4.69) is 4.98 Å². The van der Waals surface area contributed by atoms with Gasteiger partial charge in [0.15, 0.2) is 0 Å². The average molecular weight is 330 g/mol. The number of carboxylic acids is 1. The number of nitrogens with zero attached hydrogens (tertiary/aromatic N) is 1. The van der Waals surface area contributed by atoms with Crippen molar-refractivity contribution in [1.82, 2.24) is 4.98 Å². The number of aryl methyl sites for hydroxylation is 1. The molecule has 0 spiro atoms. The monoisotopic (exact) mass is 330 g/mol. The van der Waals surface area contributed by atoms with E-state index in [1.807, 2.05) is 19.9 Å². The van der Waals surface area contributed by atoms with Gasteiger partial charge in [-0.25, -0.2) is 14.2 Å². The Labute approximate surface area is 139 Å². The number of aromatic carboxylic acids is 1. The lowest BCUT2D eigenvalue weighted by Gasteiger charge is -2.14. The fraction of sp³-hybridized carbons (Fsp3) is 0.278. The standard InChI is InChI=1S/C18H19FN2O3/c1-3-11-7-13(21-16(8-11)18(23)24)6-10(2)12-4-5-15(19)14(9-12)17(20)22/h4-5,7-10H,3,6H2,1-2H3,(H2,20,22)(H,23,24). The fourth-order valence-electron chi connectivity index (χ4n) is 2.54. The summed E-state index contributed by atoms with van der Waals surface area (Å²) in [6.07, 6.45) is 1.17. The summed E-state index contributed by atoms with van der Waals surface area (Å²) in [7, 11) is 0. The minimum Gasteiger partial charge on any atom is -0.477 e. The number of rotatable bonds is 6. The highest BCUT2D eigenvalue weighted by atomic mass is 19.1. The number of benzene rings is 1. The van der Waals surface area contributed by atoms with Gasteiger partial charge in [-0.3, -0.25) is 4.79 Å². The number of hydrogen-bond acceptors (Lipinski definition) is 3. The van der Waals surface area contributed by atoms with Crippen molar-refractivity contribution >= 4 is 11.9 Å². The van der Waals surface area contributed by atoms with Gasteiger partial charge < -0.3 is 10.8 Å². The van der Waals surface area contributed by atoms with Crippen molar-refractivity contribution in [1.29, 1.82) is 0 Å². The molecule has 0 bridgehead atoms. The number of nitrogens with two attached hydrogens (primary N) is 1. The molecule has 24 heavy (non-hydrogen) atoms. The first-order chi connectivity index (χ1) is 11.3. The van der Waals surface area contributed by atoms with Crippen molar-refractivity contribution in [3.63, 3.8) is 0 Å². The Kier molecular flexibility index (Phi) is 5.28. The maximum absolute atomic E-state index is 13.6. The van der Waals surface area contributed by atoms with Crippen LogP contribution in [0.25, 0.3) is 0 Å². The number of hydrogen-bond donors (Lipinski definition) is 2. The zero-order valence-corrected chi connectivity index (χ0v) is 13.5. The van der Waals surface area contributed by atoms with Crippen molar-refractivity contribution in [2.75, 3.05) is 0 Å².